The van der Waals surface area contributed by atoms with Crippen LogP contribution in [0.4, 0.5) is 29.5 Å². The quantitative estimate of drug-likeness (QED) is 0.748. The van der Waals surface area contributed by atoms with Crippen LogP contribution in [0.2, 0.25) is 0 Å². The van der Waals surface area contributed by atoms with E-state index < -0.39 is 24.0 Å². The van der Waals surface area contributed by atoms with Crippen LogP contribution in [0.3, 0.4) is 0 Å². The minimum absolute atomic E-state index is 0.0964. The summed E-state index contributed by atoms with van der Waals surface area (Å²) in [4.78, 5) is 20.6. The highest BCUT2D eigenvalue weighted by Gasteiger charge is 2.42. The van der Waals surface area contributed by atoms with Gasteiger partial charge in [-0.2, -0.15) is 5.10 Å². The summed E-state index contributed by atoms with van der Waals surface area (Å²) in [7, 11) is 0. The molecule has 0 radical (unpaired) electrons. The molecule has 10 heteroatoms. The largest absolute Gasteiger partial charge is 0.368 e. The van der Waals surface area contributed by atoms with Gasteiger partial charge in [-0.25, -0.2) is 22.9 Å². The molecule has 1 atom stereocenters. The number of amides is 2. The Kier molecular flexibility index (Phi) is 5.25. The van der Waals surface area contributed by atoms with E-state index >= 15 is 0 Å². The van der Waals surface area contributed by atoms with Crippen molar-refractivity contribution in [3.8, 4) is 0 Å². The van der Waals surface area contributed by atoms with Gasteiger partial charge in [0.2, 0.25) is 0 Å². The fourth-order valence-electron chi connectivity index (χ4n) is 5.46. The first-order chi connectivity index (χ1) is 15.3. The zero-order valence-corrected chi connectivity index (χ0v) is 18.0. The SMILES string of the molecule is C[C@H]1Cn2ncc(N3CCC4(CCCC4)C3)c2CN1C(=O)Nc1ccc(F)c(C(F)F)n1. The monoisotopic (exact) mass is 448 g/mol. The van der Waals surface area contributed by atoms with Gasteiger partial charge in [0.15, 0.2) is 5.82 Å². The van der Waals surface area contributed by atoms with E-state index in [4.69, 9.17) is 0 Å². The molecule has 172 valence electrons. The summed E-state index contributed by atoms with van der Waals surface area (Å²) >= 11 is 0. The van der Waals surface area contributed by atoms with E-state index in [2.05, 4.69) is 20.3 Å². The minimum Gasteiger partial charge on any atom is -0.368 e. The molecule has 1 saturated carbocycles. The Bertz CT molecular complexity index is 1020. The minimum atomic E-state index is -3.05. The smallest absolute Gasteiger partial charge is 0.323 e. The van der Waals surface area contributed by atoms with Gasteiger partial charge in [0, 0.05) is 13.1 Å². The highest BCUT2D eigenvalue weighted by atomic mass is 19.3. The Hall–Kier alpha value is -2.78. The van der Waals surface area contributed by atoms with E-state index in [-0.39, 0.29) is 11.9 Å². The first-order valence-corrected chi connectivity index (χ1v) is 11.2. The third-order valence-electron chi connectivity index (χ3n) is 7.23. The number of carbonyl (C=O) groups is 1. The van der Waals surface area contributed by atoms with Crippen LogP contribution in [-0.2, 0) is 13.1 Å². The molecule has 32 heavy (non-hydrogen) atoms. The number of rotatable bonds is 3. The number of nitrogens with one attached hydrogen (secondary N) is 1. The summed E-state index contributed by atoms with van der Waals surface area (Å²) in [6, 6.07) is 1.48. The van der Waals surface area contributed by atoms with E-state index in [0.29, 0.717) is 18.5 Å². The van der Waals surface area contributed by atoms with Crippen molar-refractivity contribution < 1.29 is 18.0 Å². The molecule has 2 aromatic rings. The van der Waals surface area contributed by atoms with Crippen LogP contribution in [0, 0.1) is 11.2 Å². The van der Waals surface area contributed by atoms with E-state index in [0.717, 1.165) is 30.5 Å². The number of halogens is 3. The molecule has 0 aromatic carbocycles. The molecule has 3 aliphatic rings. The van der Waals surface area contributed by atoms with Crippen molar-refractivity contribution in [3.63, 3.8) is 0 Å². The number of alkyl halides is 2. The summed E-state index contributed by atoms with van der Waals surface area (Å²) in [6.07, 6.45) is 5.20. The molecule has 4 heterocycles. The highest BCUT2D eigenvalue weighted by molar-refractivity contribution is 5.88. The molecule has 5 rings (SSSR count). The Morgan fingerprint density at radius 1 is 1.25 bits per heavy atom. The third kappa shape index (κ3) is 3.69. The summed E-state index contributed by atoms with van der Waals surface area (Å²) in [5.41, 5.74) is 1.50. The number of nitrogens with zero attached hydrogens (tertiary/aromatic N) is 5. The lowest BCUT2D eigenvalue weighted by atomic mass is 9.86. The van der Waals surface area contributed by atoms with Crippen LogP contribution in [0.5, 0.6) is 0 Å². The lowest BCUT2D eigenvalue weighted by Gasteiger charge is -2.35. The lowest BCUT2D eigenvalue weighted by Crippen LogP contribution is -2.47. The molecule has 0 bridgehead atoms. The Labute approximate surface area is 184 Å². The van der Waals surface area contributed by atoms with Gasteiger partial charge in [0.1, 0.15) is 11.5 Å². The van der Waals surface area contributed by atoms with Crippen molar-refractivity contribution in [1.82, 2.24) is 19.7 Å². The summed E-state index contributed by atoms with van der Waals surface area (Å²) in [6.45, 7) is 4.84. The van der Waals surface area contributed by atoms with Gasteiger partial charge in [0.05, 0.1) is 36.7 Å². The standard InChI is InChI=1S/C22H27F3N6O/c1-14-11-31-17(16(10-26-31)29-9-8-22(13-29)6-2-3-7-22)12-30(14)21(32)28-18-5-4-15(23)19(27-18)20(24)25/h4-5,10,14,20H,2-3,6-9,11-13H2,1H3,(H,27,28,32)/t14-/m0/s1. The van der Waals surface area contributed by atoms with Crippen LogP contribution in [0.15, 0.2) is 18.3 Å². The number of anilines is 2. The molecule has 2 fully saturated rings. The number of hydrogen-bond donors (Lipinski definition) is 1. The van der Waals surface area contributed by atoms with Crippen molar-refractivity contribution in [2.24, 2.45) is 5.41 Å². The molecule has 1 N–H and O–H groups in total. The summed E-state index contributed by atoms with van der Waals surface area (Å²) in [5.74, 6) is -1.19. The van der Waals surface area contributed by atoms with Gasteiger partial charge in [-0.1, -0.05) is 12.8 Å². The first-order valence-electron chi connectivity index (χ1n) is 11.2. The lowest BCUT2D eigenvalue weighted by molar-refractivity contribution is 0.140. The zero-order chi connectivity index (χ0) is 22.5. The van der Waals surface area contributed by atoms with Crippen molar-refractivity contribution in [2.75, 3.05) is 23.3 Å². The van der Waals surface area contributed by atoms with Crippen molar-refractivity contribution in [1.29, 1.82) is 0 Å². The van der Waals surface area contributed by atoms with Gasteiger partial charge in [-0.15, -0.1) is 0 Å². The van der Waals surface area contributed by atoms with Gasteiger partial charge in [-0.3, -0.25) is 10.00 Å². The van der Waals surface area contributed by atoms with Crippen molar-refractivity contribution in [3.05, 3.63) is 35.5 Å². The fourth-order valence-corrected chi connectivity index (χ4v) is 5.46. The molecule has 7 nitrogen and oxygen atoms in total. The van der Waals surface area contributed by atoms with Crippen LogP contribution >= 0.6 is 0 Å². The maximum Gasteiger partial charge on any atom is 0.323 e. The number of hydrogen-bond acceptors (Lipinski definition) is 4. The Morgan fingerprint density at radius 3 is 2.78 bits per heavy atom. The predicted molar refractivity (Wildman–Crippen MR) is 113 cm³/mol. The molecular formula is C22H27F3N6O. The maximum absolute atomic E-state index is 13.5. The van der Waals surface area contributed by atoms with E-state index in [1.165, 1.54) is 38.2 Å². The topological polar surface area (TPSA) is 66.3 Å². The van der Waals surface area contributed by atoms with Crippen molar-refractivity contribution in [2.45, 2.75) is 64.6 Å². The third-order valence-corrected chi connectivity index (χ3v) is 7.23. The van der Waals surface area contributed by atoms with Crippen LogP contribution < -0.4 is 10.2 Å². The second-order valence-electron chi connectivity index (χ2n) is 9.31. The number of pyridine rings is 1. The highest BCUT2D eigenvalue weighted by Crippen LogP contribution is 2.47. The number of carbonyl (C=O) groups excluding carboxylic acids is 1. The summed E-state index contributed by atoms with van der Waals surface area (Å²) < 4.78 is 41.4. The van der Waals surface area contributed by atoms with Crippen molar-refractivity contribution >= 4 is 17.5 Å². The van der Waals surface area contributed by atoms with Gasteiger partial charge in [-0.05, 0) is 43.7 Å². The van der Waals surface area contributed by atoms with Crippen LogP contribution in [0.25, 0.3) is 0 Å². The first kappa shape index (κ1) is 21.1. The number of urea groups is 1. The molecule has 2 amide bonds. The second kappa shape index (κ2) is 7.97. The van der Waals surface area contributed by atoms with Gasteiger partial charge in [0.25, 0.3) is 6.43 Å². The predicted octanol–water partition coefficient (Wildman–Crippen LogP) is 4.56. The number of fused-ring (bicyclic) bond motifs is 1. The molecule has 2 aromatic heterocycles. The van der Waals surface area contributed by atoms with Crippen LogP contribution in [0.1, 0.15) is 56.8 Å². The Morgan fingerprint density at radius 2 is 2.03 bits per heavy atom. The molecule has 1 spiro atoms. The molecule has 1 aliphatic carbocycles. The average molecular weight is 448 g/mol. The Balaban J connectivity index is 1.33. The van der Waals surface area contributed by atoms with Gasteiger partial charge >= 0.3 is 6.03 Å². The van der Waals surface area contributed by atoms with Crippen LogP contribution in [-0.4, -0.2) is 44.8 Å². The molecule has 2 aliphatic heterocycles. The fraction of sp³-hybridized carbons (Fsp3) is 0.591. The maximum atomic E-state index is 13.5. The second-order valence-corrected chi connectivity index (χ2v) is 9.31. The van der Waals surface area contributed by atoms with Gasteiger partial charge < -0.3 is 9.80 Å². The van der Waals surface area contributed by atoms with E-state index in [1.54, 1.807) is 4.90 Å². The average Bonchev–Trinajstić information content (AvgIpc) is 3.49. The molecule has 1 saturated heterocycles. The zero-order valence-electron chi connectivity index (χ0n) is 18.0. The van der Waals surface area contributed by atoms with E-state index in [9.17, 15) is 18.0 Å². The summed E-state index contributed by atoms with van der Waals surface area (Å²) in [5, 5.41) is 7.11. The molecule has 0 unspecified atom stereocenters. The van der Waals surface area contributed by atoms with E-state index in [1.807, 2.05) is 17.8 Å². The number of aromatic nitrogens is 3. The normalized spacial score (nSPS) is 22.1. The molecular weight excluding hydrogens is 421 g/mol.